The number of fused-ring (bicyclic) bond motifs is 1. The number of nitrogens with two attached hydrogens (primary N) is 1. The van der Waals surface area contributed by atoms with Crippen molar-refractivity contribution in [2.75, 3.05) is 0 Å². The summed E-state index contributed by atoms with van der Waals surface area (Å²) in [6.07, 6.45) is 0.952. The minimum absolute atomic E-state index is 0.0998. The number of hydrogen-bond acceptors (Lipinski definition) is 4. The van der Waals surface area contributed by atoms with Crippen LogP contribution in [-0.4, -0.2) is 9.78 Å². The summed E-state index contributed by atoms with van der Waals surface area (Å²) in [4.78, 5) is 0. The van der Waals surface area contributed by atoms with E-state index >= 15 is 0 Å². The smallest absolute Gasteiger partial charge is 0.229 e. The van der Waals surface area contributed by atoms with E-state index in [1.807, 2.05) is 37.3 Å². The van der Waals surface area contributed by atoms with Gasteiger partial charge in [-0.25, -0.2) is 4.68 Å². The number of nitriles is 1. The second-order valence-electron chi connectivity index (χ2n) is 6.72. The Morgan fingerprint density at radius 1 is 1.25 bits per heavy atom. The van der Waals surface area contributed by atoms with E-state index < -0.39 is 0 Å². The molecule has 140 valence electrons. The predicted octanol–water partition coefficient (Wildman–Crippen LogP) is 4.61. The second kappa shape index (κ2) is 7.06. The maximum Gasteiger partial charge on any atom is 0.229 e. The lowest BCUT2D eigenvalue weighted by Gasteiger charge is -2.25. The minimum atomic E-state index is -0.326. The van der Waals surface area contributed by atoms with Gasteiger partial charge in [0, 0.05) is 5.02 Å². The Morgan fingerprint density at radius 3 is 2.64 bits per heavy atom. The molecule has 0 radical (unpaired) electrons. The molecule has 0 saturated heterocycles. The quantitative estimate of drug-likeness (QED) is 0.708. The molecule has 0 bridgehead atoms. The van der Waals surface area contributed by atoms with Crippen molar-refractivity contribution in [3.63, 3.8) is 0 Å². The minimum Gasteiger partial charge on any atom is -0.422 e. The van der Waals surface area contributed by atoms with Crippen molar-refractivity contribution in [1.29, 1.82) is 5.26 Å². The highest BCUT2D eigenvalue weighted by atomic mass is 35.5. The SMILES string of the molecule is CCc1ccc([C@H]2C(C#N)=C(N)Oc3c2c(C)nn3-c2cccc(Cl)c2)cc1. The van der Waals surface area contributed by atoms with Gasteiger partial charge in [-0.1, -0.05) is 48.9 Å². The normalized spacial score (nSPS) is 15.7. The Labute approximate surface area is 168 Å². The fourth-order valence-corrected chi connectivity index (χ4v) is 3.76. The third-order valence-corrected chi connectivity index (χ3v) is 5.24. The van der Waals surface area contributed by atoms with E-state index in [1.54, 1.807) is 10.7 Å². The summed E-state index contributed by atoms with van der Waals surface area (Å²) in [5.74, 6) is 0.288. The van der Waals surface area contributed by atoms with E-state index in [1.165, 1.54) is 5.56 Å². The van der Waals surface area contributed by atoms with Crippen LogP contribution in [-0.2, 0) is 6.42 Å². The lowest BCUT2D eigenvalue weighted by Crippen LogP contribution is -2.22. The summed E-state index contributed by atoms with van der Waals surface area (Å²) in [6.45, 7) is 4.02. The van der Waals surface area contributed by atoms with E-state index in [-0.39, 0.29) is 11.8 Å². The van der Waals surface area contributed by atoms with E-state index in [2.05, 4.69) is 30.2 Å². The van der Waals surface area contributed by atoms with Crippen molar-refractivity contribution in [2.45, 2.75) is 26.2 Å². The first kappa shape index (κ1) is 18.1. The molecule has 0 unspecified atom stereocenters. The van der Waals surface area contributed by atoms with E-state index in [0.717, 1.165) is 28.9 Å². The number of benzene rings is 2. The number of aromatic nitrogens is 2. The highest BCUT2D eigenvalue weighted by Crippen LogP contribution is 2.44. The molecular formula is C22H19ClN4O. The summed E-state index contributed by atoms with van der Waals surface area (Å²) in [5.41, 5.74) is 11.1. The Balaban J connectivity index is 1.92. The van der Waals surface area contributed by atoms with Crippen LogP contribution >= 0.6 is 11.6 Å². The number of hydrogen-bond donors (Lipinski definition) is 1. The molecule has 0 aliphatic carbocycles. The van der Waals surface area contributed by atoms with Gasteiger partial charge in [0.2, 0.25) is 11.8 Å². The monoisotopic (exact) mass is 390 g/mol. The maximum absolute atomic E-state index is 9.76. The van der Waals surface area contributed by atoms with Gasteiger partial charge < -0.3 is 10.5 Å². The van der Waals surface area contributed by atoms with Crippen LogP contribution in [0.4, 0.5) is 0 Å². The number of halogens is 1. The standard InChI is InChI=1S/C22H19ClN4O/c1-3-14-7-9-15(10-8-14)20-18(12-24)21(25)28-22-19(20)13(2)26-27(22)17-6-4-5-16(23)11-17/h4-11,20H,3,25H2,1-2H3/t20-/m0/s1. The molecule has 3 aromatic rings. The fraction of sp³-hybridized carbons (Fsp3) is 0.182. The number of rotatable bonds is 3. The van der Waals surface area contributed by atoms with E-state index in [9.17, 15) is 5.26 Å². The summed E-state index contributed by atoms with van der Waals surface area (Å²) < 4.78 is 7.56. The lowest BCUT2D eigenvalue weighted by molar-refractivity contribution is 0.367. The van der Waals surface area contributed by atoms with Gasteiger partial charge in [0.1, 0.15) is 11.6 Å². The van der Waals surface area contributed by atoms with Gasteiger partial charge >= 0.3 is 0 Å². The van der Waals surface area contributed by atoms with Gasteiger partial charge in [-0.15, -0.1) is 0 Å². The summed E-state index contributed by atoms with van der Waals surface area (Å²) in [7, 11) is 0. The third-order valence-electron chi connectivity index (χ3n) is 5.01. The number of allylic oxidation sites excluding steroid dienone is 1. The van der Waals surface area contributed by atoms with Crippen molar-refractivity contribution >= 4 is 11.6 Å². The summed E-state index contributed by atoms with van der Waals surface area (Å²) in [6, 6.07) is 17.8. The van der Waals surface area contributed by atoms with Crippen molar-refractivity contribution in [1.82, 2.24) is 9.78 Å². The molecule has 5 nitrogen and oxygen atoms in total. The van der Waals surface area contributed by atoms with Crippen LogP contribution < -0.4 is 10.5 Å². The average molecular weight is 391 g/mol. The molecule has 1 aliphatic heterocycles. The van der Waals surface area contributed by atoms with Gasteiger partial charge in [-0.3, -0.25) is 0 Å². The van der Waals surface area contributed by atoms with E-state index in [0.29, 0.717) is 16.5 Å². The molecule has 28 heavy (non-hydrogen) atoms. The number of nitrogens with zero attached hydrogens (tertiary/aromatic N) is 3. The topological polar surface area (TPSA) is 76.9 Å². The molecule has 0 saturated carbocycles. The number of ether oxygens (including phenoxy) is 1. The highest BCUT2D eigenvalue weighted by molar-refractivity contribution is 6.30. The Bertz CT molecular complexity index is 1120. The van der Waals surface area contributed by atoms with Gasteiger partial charge in [-0.2, -0.15) is 10.4 Å². The molecule has 2 heterocycles. The number of aryl methyl sites for hydroxylation is 2. The third kappa shape index (κ3) is 2.92. The second-order valence-corrected chi connectivity index (χ2v) is 7.15. The van der Waals surface area contributed by atoms with E-state index in [4.69, 9.17) is 22.1 Å². The summed E-state index contributed by atoms with van der Waals surface area (Å²) in [5, 5.41) is 15.0. The van der Waals surface area contributed by atoms with Crippen LogP contribution in [0.2, 0.25) is 5.02 Å². The first-order chi connectivity index (χ1) is 13.5. The van der Waals surface area contributed by atoms with Crippen molar-refractivity contribution in [3.8, 4) is 17.6 Å². The Kier molecular flexibility index (Phi) is 4.58. The molecule has 2 aromatic carbocycles. The average Bonchev–Trinajstić information content (AvgIpc) is 3.03. The molecular weight excluding hydrogens is 372 g/mol. The van der Waals surface area contributed by atoms with Crippen LogP contribution in [0.1, 0.15) is 35.2 Å². The molecule has 0 amide bonds. The lowest BCUT2D eigenvalue weighted by atomic mass is 9.84. The fourth-order valence-electron chi connectivity index (χ4n) is 3.58. The maximum atomic E-state index is 9.76. The molecule has 0 spiro atoms. The molecule has 6 heteroatoms. The Hall–Kier alpha value is -3.23. The first-order valence-electron chi connectivity index (χ1n) is 9.05. The van der Waals surface area contributed by atoms with Gasteiger partial charge in [0.25, 0.3) is 0 Å². The first-order valence-corrected chi connectivity index (χ1v) is 9.43. The van der Waals surface area contributed by atoms with Crippen LogP contribution in [0.3, 0.4) is 0 Å². The van der Waals surface area contributed by atoms with Crippen LogP contribution in [0.25, 0.3) is 5.69 Å². The van der Waals surface area contributed by atoms with Crippen LogP contribution in [0.15, 0.2) is 60.0 Å². The van der Waals surface area contributed by atoms with Crippen LogP contribution in [0, 0.1) is 18.3 Å². The zero-order chi connectivity index (χ0) is 19.8. The predicted molar refractivity (Wildman–Crippen MR) is 108 cm³/mol. The molecule has 1 aromatic heterocycles. The van der Waals surface area contributed by atoms with Crippen molar-refractivity contribution in [3.05, 3.63) is 87.4 Å². The van der Waals surface area contributed by atoms with Gasteiger partial charge in [-0.05, 0) is 42.7 Å². The van der Waals surface area contributed by atoms with Gasteiger partial charge in [0.05, 0.1) is 22.9 Å². The van der Waals surface area contributed by atoms with Gasteiger partial charge in [0.15, 0.2) is 0 Å². The highest BCUT2D eigenvalue weighted by Gasteiger charge is 2.36. The molecule has 1 atom stereocenters. The molecule has 1 aliphatic rings. The largest absolute Gasteiger partial charge is 0.422 e. The van der Waals surface area contributed by atoms with Crippen molar-refractivity contribution < 1.29 is 4.74 Å². The summed E-state index contributed by atoms with van der Waals surface area (Å²) >= 11 is 6.15. The Morgan fingerprint density at radius 2 is 2.00 bits per heavy atom. The molecule has 2 N–H and O–H groups in total. The zero-order valence-electron chi connectivity index (χ0n) is 15.6. The zero-order valence-corrected chi connectivity index (χ0v) is 16.4. The molecule has 0 fully saturated rings. The molecule has 4 rings (SSSR count). The van der Waals surface area contributed by atoms with Crippen LogP contribution in [0.5, 0.6) is 5.88 Å². The van der Waals surface area contributed by atoms with Crippen molar-refractivity contribution in [2.24, 2.45) is 5.73 Å².